The number of rotatable bonds is 10. The second kappa shape index (κ2) is 8.82. The second-order valence-corrected chi connectivity index (χ2v) is 5.62. The van der Waals surface area contributed by atoms with Crippen molar-refractivity contribution in [3.05, 3.63) is 0 Å². The quantitative estimate of drug-likeness (QED) is 0.648. The molecular formula is C15H28N2O3. The molecule has 1 aliphatic rings. The first-order valence-corrected chi connectivity index (χ1v) is 7.84. The maximum Gasteiger partial charge on any atom is 0.317 e. The molecule has 1 unspecified atom stereocenters. The molecule has 1 rings (SSSR count). The van der Waals surface area contributed by atoms with E-state index in [1.54, 1.807) is 0 Å². The Kier molecular flexibility index (Phi) is 7.41. The van der Waals surface area contributed by atoms with Crippen molar-refractivity contribution in [3.63, 3.8) is 0 Å². The van der Waals surface area contributed by atoms with E-state index in [1.165, 1.54) is 0 Å². The Bertz CT molecular complexity index is 316. The molecule has 1 atom stereocenters. The van der Waals surface area contributed by atoms with Gasteiger partial charge in [0.15, 0.2) is 0 Å². The highest BCUT2D eigenvalue weighted by Gasteiger charge is 2.31. The summed E-state index contributed by atoms with van der Waals surface area (Å²) in [7, 11) is 0. The fourth-order valence-electron chi connectivity index (χ4n) is 2.61. The maximum atomic E-state index is 12.0. The predicted molar refractivity (Wildman–Crippen MR) is 78.7 cm³/mol. The zero-order valence-corrected chi connectivity index (χ0v) is 12.7. The van der Waals surface area contributed by atoms with Crippen molar-refractivity contribution in [2.24, 2.45) is 5.92 Å². The number of carboxylic acid groups (broad SMARTS) is 1. The summed E-state index contributed by atoms with van der Waals surface area (Å²) in [6.45, 7) is 5.52. The van der Waals surface area contributed by atoms with Crippen LogP contribution in [0.4, 0.5) is 4.79 Å². The molecule has 2 amide bonds. The molecule has 0 radical (unpaired) electrons. The van der Waals surface area contributed by atoms with Crippen molar-refractivity contribution in [1.82, 2.24) is 10.2 Å². The topological polar surface area (TPSA) is 69.6 Å². The molecule has 0 bridgehead atoms. The average molecular weight is 284 g/mol. The minimum atomic E-state index is -0.735. The van der Waals surface area contributed by atoms with Crippen LogP contribution in [-0.2, 0) is 4.79 Å². The van der Waals surface area contributed by atoms with Gasteiger partial charge in [0, 0.05) is 25.6 Å². The maximum absolute atomic E-state index is 12.0. The van der Waals surface area contributed by atoms with Gasteiger partial charge >= 0.3 is 12.0 Å². The number of nitrogens with zero attached hydrogens (tertiary/aromatic N) is 1. The molecule has 0 aromatic carbocycles. The van der Waals surface area contributed by atoms with Crippen molar-refractivity contribution >= 4 is 12.0 Å². The normalized spacial score (nSPS) is 15.7. The van der Waals surface area contributed by atoms with Gasteiger partial charge < -0.3 is 15.3 Å². The lowest BCUT2D eigenvalue weighted by molar-refractivity contribution is -0.137. The molecule has 0 aliphatic heterocycles. The standard InChI is InChI=1S/C15H28N2O3/c1-3-5-12(6-9-14(18)19)10-11-16-15(20)17(4-2)13-7-8-13/h12-13H,3-11H2,1-2H3,(H,16,20)(H,18,19). The summed E-state index contributed by atoms with van der Waals surface area (Å²) < 4.78 is 0. The summed E-state index contributed by atoms with van der Waals surface area (Å²) in [5, 5.41) is 11.7. The molecule has 0 aromatic rings. The van der Waals surface area contributed by atoms with Crippen LogP contribution in [0.15, 0.2) is 0 Å². The van der Waals surface area contributed by atoms with Gasteiger partial charge in [-0.05, 0) is 38.5 Å². The smallest absolute Gasteiger partial charge is 0.317 e. The van der Waals surface area contributed by atoms with Gasteiger partial charge in [-0.1, -0.05) is 19.8 Å². The minimum absolute atomic E-state index is 0.0310. The number of nitrogens with one attached hydrogen (secondary N) is 1. The van der Waals surface area contributed by atoms with E-state index in [0.717, 1.165) is 38.6 Å². The highest BCUT2D eigenvalue weighted by Crippen LogP contribution is 2.26. The summed E-state index contributed by atoms with van der Waals surface area (Å²) in [4.78, 5) is 24.5. The molecule has 0 saturated heterocycles. The number of aliphatic carboxylic acids is 1. The molecule has 5 nitrogen and oxygen atoms in total. The van der Waals surface area contributed by atoms with E-state index in [0.29, 0.717) is 24.9 Å². The number of urea groups is 1. The highest BCUT2D eigenvalue weighted by molar-refractivity contribution is 5.74. The lowest BCUT2D eigenvalue weighted by atomic mass is 9.94. The summed E-state index contributed by atoms with van der Waals surface area (Å²) in [5.41, 5.74) is 0. The van der Waals surface area contributed by atoms with E-state index in [2.05, 4.69) is 12.2 Å². The van der Waals surface area contributed by atoms with E-state index in [-0.39, 0.29) is 12.5 Å². The van der Waals surface area contributed by atoms with Crippen molar-refractivity contribution < 1.29 is 14.7 Å². The second-order valence-electron chi connectivity index (χ2n) is 5.62. The molecule has 116 valence electrons. The van der Waals surface area contributed by atoms with E-state index in [4.69, 9.17) is 5.11 Å². The molecular weight excluding hydrogens is 256 g/mol. The van der Waals surface area contributed by atoms with E-state index < -0.39 is 5.97 Å². The number of carboxylic acids is 1. The highest BCUT2D eigenvalue weighted by atomic mass is 16.4. The van der Waals surface area contributed by atoms with Gasteiger partial charge in [0.2, 0.25) is 0 Å². The van der Waals surface area contributed by atoms with Gasteiger partial charge in [0.25, 0.3) is 0 Å². The lowest BCUT2D eigenvalue weighted by Crippen LogP contribution is -2.41. The summed E-state index contributed by atoms with van der Waals surface area (Å²) in [6, 6.07) is 0.474. The summed E-state index contributed by atoms with van der Waals surface area (Å²) in [6.07, 6.45) is 6.14. The Morgan fingerprint density at radius 1 is 1.25 bits per heavy atom. The van der Waals surface area contributed by atoms with Crippen molar-refractivity contribution in [2.75, 3.05) is 13.1 Å². The Morgan fingerprint density at radius 2 is 1.95 bits per heavy atom. The molecule has 0 spiro atoms. The molecule has 1 aliphatic carbocycles. The van der Waals surface area contributed by atoms with Crippen LogP contribution in [0.5, 0.6) is 0 Å². The van der Waals surface area contributed by atoms with Crippen molar-refractivity contribution in [1.29, 1.82) is 0 Å². The van der Waals surface area contributed by atoms with Crippen LogP contribution in [0.1, 0.15) is 58.8 Å². The van der Waals surface area contributed by atoms with Crippen LogP contribution < -0.4 is 5.32 Å². The van der Waals surface area contributed by atoms with Gasteiger partial charge in [0.05, 0.1) is 0 Å². The minimum Gasteiger partial charge on any atom is -0.481 e. The van der Waals surface area contributed by atoms with Crippen LogP contribution >= 0.6 is 0 Å². The number of amides is 2. The third-order valence-electron chi connectivity index (χ3n) is 3.88. The molecule has 1 fully saturated rings. The van der Waals surface area contributed by atoms with Crippen LogP contribution in [0.2, 0.25) is 0 Å². The van der Waals surface area contributed by atoms with Crippen LogP contribution in [0, 0.1) is 5.92 Å². The zero-order valence-electron chi connectivity index (χ0n) is 12.7. The monoisotopic (exact) mass is 284 g/mol. The van der Waals surface area contributed by atoms with Crippen molar-refractivity contribution in [3.8, 4) is 0 Å². The average Bonchev–Trinajstić information content (AvgIpc) is 3.21. The zero-order chi connectivity index (χ0) is 15.0. The van der Waals surface area contributed by atoms with Crippen molar-refractivity contribution in [2.45, 2.75) is 64.8 Å². The molecule has 2 N–H and O–H groups in total. The summed E-state index contributed by atoms with van der Waals surface area (Å²) >= 11 is 0. The Labute approximate surface area is 121 Å². The van der Waals surface area contributed by atoms with Crippen LogP contribution in [0.25, 0.3) is 0 Å². The largest absolute Gasteiger partial charge is 0.481 e. The number of carbonyl (C=O) groups excluding carboxylic acids is 1. The first-order valence-electron chi connectivity index (χ1n) is 7.84. The fraction of sp³-hybridized carbons (Fsp3) is 0.867. The molecule has 0 aromatic heterocycles. The first-order chi connectivity index (χ1) is 9.58. The Balaban J connectivity index is 2.24. The SMILES string of the molecule is CCCC(CCNC(=O)N(CC)C1CC1)CCC(=O)O. The van der Waals surface area contributed by atoms with Gasteiger partial charge in [-0.2, -0.15) is 0 Å². The van der Waals surface area contributed by atoms with E-state index >= 15 is 0 Å². The molecule has 5 heteroatoms. The van der Waals surface area contributed by atoms with Gasteiger partial charge in [0.1, 0.15) is 0 Å². The van der Waals surface area contributed by atoms with Gasteiger partial charge in [-0.3, -0.25) is 4.79 Å². The molecule has 20 heavy (non-hydrogen) atoms. The number of hydrogen-bond donors (Lipinski definition) is 2. The molecule has 1 saturated carbocycles. The third-order valence-corrected chi connectivity index (χ3v) is 3.88. The van der Waals surface area contributed by atoms with E-state index in [9.17, 15) is 9.59 Å². The molecule has 0 heterocycles. The number of carbonyl (C=O) groups is 2. The Morgan fingerprint density at radius 3 is 2.45 bits per heavy atom. The van der Waals surface area contributed by atoms with Gasteiger partial charge in [-0.25, -0.2) is 4.79 Å². The van der Waals surface area contributed by atoms with E-state index in [1.807, 2.05) is 11.8 Å². The van der Waals surface area contributed by atoms with Crippen LogP contribution in [0.3, 0.4) is 0 Å². The third kappa shape index (κ3) is 6.26. The first kappa shape index (κ1) is 16.8. The van der Waals surface area contributed by atoms with Crippen LogP contribution in [-0.4, -0.2) is 41.1 Å². The summed E-state index contributed by atoms with van der Waals surface area (Å²) in [5.74, 6) is -0.339. The lowest BCUT2D eigenvalue weighted by Gasteiger charge is -2.22. The fourth-order valence-corrected chi connectivity index (χ4v) is 2.61. The number of hydrogen-bond acceptors (Lipinski definition) is 2. The van der Waals surface area contributed by atoms with Gasteiger partial charge in [-0.15, -0.1) is 0 Å². The predicted octanol–water partition coefficient (Wildman–Crippen LogP) is 2.85. The Hall–Kier alpha value is -1.26.